The van der Waals surface area contributed by atoms with Crippen molar-refractivity contribution in [3.63, 3.8) is 0 Å². The van der Waals surface area contributed by atoms with Gasteiger partial charge in [0.05, 0.1) is 11.3 Å². The second kappa shape index (κ2) is 5.13. The SMILES string of the molecule is CC(C)(C)c1cc(NC(=O)c2cccnc2Br)on1. The van der Waals surface area contributed by atoms with Crippen molar-refractivity contribution in [2.45, 2.75) is 26.2 Å². The van der Waals surface area contributed by atoms with Gasteiger partial charge in [0, 0.05) is 17.7 Å². The van der Waals surface area contributed by atoms with Crippen LogP contribution in [0.3, 0.4) is 0 Å². The molecule has 0 aliphatic heterocycles. The molecule has 100 valence electrons. The number of pyridine rings is 1. The third-order valence-corrected chi connectivity index (χ3v) is 3.15. The van der Waals surface area contributed by atoms with Crippen molar-refractivity contribution in [2.75, 3.05) is 5.32 Å². The van der Waals surface area contributed by atoms with Crippen LogP contribution in [0.1, 0.15) is 36.8 Å². The molecule has 2 aromatic rings. The van der Waals surface area contributed by atoms with Gasteiger partial charge >= 0.3 is 0 Å². The van der Waals surface area contributed by atoms with E-state index in [0.29, 0.717) is 16.1 Å². The van der Waals surface area contributed by atoms with Crippen molar-refractivity contribution in [1.82, 2.24) is 10.1 Å². The largest absolute Gasteiger partial charge is 0.338 e. The number of hydrogen-bond donors (Lipinski definition) is 1. The van der Waals surface area contributed by atoms with Gasteiger partial charge in [-0.2, -0.15) is 0 Å². The molecule has 1 N–H and O–H groups in total. The fraction of sp³-hybridized carbons (Fsp3) is 0.308. The standard InChI is InChI=1S/C13H14BrN3O2/c1-13(2,3)9-7-10(19-17-9)16-12(18)8-5-4-6-15-11(8)14/h4-7H,1-3H3,(H,16,18). The molecule has 6 heteroatoms. The Morgan fingerprint density at radius 2 is 2.16 bits per heavy atom. The number of carbonyl (C=O) groups is 1. The summed E-state index contributed by atoms with van der Waals surface area (Å²) in [7, 11) is 0. The van der Waals surface area contributed by atoms with Crippen LogP contribution in [0.4, 0.5) is 5.88 Å². The Bertz CT molecular complexity index is 602. The van der Waals surface area contributed by atoms with Gasteiger partial charge in [0.15, 0.2) is 0 Å². The normalized spacial score (nSPS) is 11.4. The molecule has 2 aromatic heterocycles. The summed E-state index contributed by atoms with van der Waals surface area (Å²) in [6, 6.07) is 5.09. The number of nitrogens with one attached hydrogen (secondary N) is 1. The predicted molar refractivity (Wildman–Crippen MR) is 75.1 cm³/mol. The lowest BCUT2D eigenvalue weighted by atomic mass is 9.92. The molecule has 2 heterocycles. The smallest absolute Gasteiger partial charge is 0.260 e. The van der Waals surface area contributed by atoms with Crippen LogP contribution in [0.5, 0.6) is 0 Å². The minimum atomic E-state index is -0.295. The lowest BCUT2D eigenvalue weighted by Gasteiger charge is -2.12. The maximum absolute atomic E-state index is 12.0. The molecule has 0 fully saturated rings. The zero-order chi connectivity index (χ0) is 14.0. The summed E-state index contributed by atoms with van der Waals surface area (Å²) in [4.78, 5) is 16.0. The first-order chi connectivity index (χ1) is 8.88. The summed E-state index contributed by atoms with van der Waals surface area (Å²) in [5.41, 5.74) is 1.10. The molecular formula is C13H14BrN3O2. The fourth-order valence-electron chi connectivity index (χ4n) is 1.42. The van der Waals surface area contributed by atoms with E-state index < -0.39 is 0 Å². The molecule has 0 aliphatic rings. The second-order valence-electron chi connectivity index (χ2n) is 5.12. The lowest BCUT2D eigenvalue weighted by molar-refractivity contribution is 0.102. The summed E-state index contributed by atoms with van der Waals surface area (Å²) in [5, 5.41) is 6.59. The van der Waals surface area contributed by atoms with Gasteiger partial charge in [-0.15, -0.1) is 0 Å². The number of amides is 1. The van der Waals surface area contributed by atoms with E-state index in [2.05, 4.69) is 31.4 Å². The highest BCUT2D eigenvalue weighted by Crippen LogP contribution is 2.24. The van der Waals surface area contributed by atoms with Crippen LogP contribution in [0.25, 0.3) is 0 Å². The van der Waals surface area contributed by atoms with E-state index in [9.17, 15) is 4.79 Å². The minimum absolute atomic E-state index is 0.124. The Hall–Kier alpha value is -1.69. The molecular weight excluding hydrogens is 310 g/mol. The highest BCUT2D eigenvalue weighted by molar-refractivity contribution is 9.10. The molecule has 0 spiro atoms. The van der Waals surface area contributed by atoms with Crippen LogP contribution in [0.15, 0.2) is 33.5 Å². The average molecular weight is 324 g/mol. The Kier molecular flexibility index (Phi) is 3.71. The molecule has 0 aliphatic carbocycles. The molecule has 0 atom stereocenters. The predicted octanol–water partition coefficient (Wildman–Crippen LogP) is 3.38. The van der Waals surface area contributed by atoms with Gasteiger partial charge in [0.25, 0.3) is 5.91 Å². The van der Waals surface area contributed by atoms with Crippen molar-refractivity contribution < 1.29 is 9.32 Å². The van der Waals surface area contributed by atoms with Crippen LogP contribution in [-0.4, -0.2) is 16.0 Å². The first-order valence-corrected chi connectivity index (χ1v) is 6.56. The molecule has 0 bridgehead atoms. The molecule has 0 unspecified atom stereocenters. The first-order valence-electron chi connectivity index (χ1n) is 5.77. The Labute approximate surface area is 119 Å². The van der Waals surface area contributed by atoms with Crippen LogP contribution in [0.2, 0.25) is 0 Å². The highest BCUT2D eigenvalue weighted by atomic mass is 79.9. The van der Waals surface area contributed by atoms with Gasteiger partial charge in [-0.25, -0.2) is 4.98 Å². The lowest BCUT2D eigenvalue weighted by Crippen LogP contribution is -2.13. The number of rotatable bonds is 2. The molecule has 5 nitrogen and oxygen atoms in total. The average Bonchev–Trinajstić information content (AvgIpc) is 2.77. The summed E-state index contributed by atoms with van der Waals surface area (Å²) in [5.74, 6) is 0.0299. The Morgan fingerprint density at radius 1 is 1.42 bits per heavy atom. The third-order valence-electron chi connectivity index (χ3n) is 2.52. The number of aromatic nitrogens is 2. The molecule has 0 saturated carbocycles. The molecule has 0 saturated heterocycles. The van der Waals surface area contributed by atoms with Crippen molar-refractivity contribution in [3.8, 4) is 0 Å². The van der Waals surface area contributed by atoms with E-state index >= 15 is 0 Å². The van der Waals surface area contributed by atoms with Gasteiger partial charge in [-0.05, 0) is 28.1 Å². The van der Waals surface area contributed by atoms with Crippen molar-refractivity contribution in [2.24, 2.45) is 0 Å². The second-order valence-corrected chi connectivity index (χ2v) is 5.87. The number of halogens is 1. The van der Waals surface area contributed by atoms with Crippen molar-refractivity contribution in [3.05, 3.63) is 40.3 Å². The van der Waals surface area contributed by atoms with Crippen molar-refractivity contribution >= 4 is 27.7 Å². The van der Waals surface area contributed by atoms with Crippen molar-refractivity contribution in [1.29, 1.82) is 0 Å². The van der Waals surface area contributed by atoms with E-state index in [4.69, 9.17) is 4.52 Å². The van der Waals surface area contributed by atoms with Gasteiger partial charge in [-0.3, -0.25) is 10.1 Å². The quantitative estimate of drug-likeness (QED) is 0.860. The van der Waals surface area contributed by atoms with E-state index in [1.807, 2.05) is 20.8 Å². The van der Waals surface area contributed by atoms with Gasteiger partial charge in [-0.1, -0.05) is 25.9 Å². The van der Waals surface area contributed by atoms with Crippen LogP contribution in [0, 0.1) is 0 Å². The van der Waals surface area contributed by atoms with Crippen LogP contribution >= 0.6 is 15.9 Å². The zero-order valence-electron chi connectivity index (χ0n) is 10.9. The van der Waals surface area contributed by atoms with E-state index in [-0.39, 0.29) is 11.3 Å². The van der Waals surface area contributed by atoms with Gasteiger partial charge in [0.1, 0.15) is 4.60 Å². The minimum Gasteiger partial charge on any atom is -0.338 e. The van der Waals surface area contributed by atoms with Gasteiger partial charge in [0.2, 0.25) is 5.88 Å². The van der Waals surface area contributed by atoms with E-state index in [0.717, 1.165) is 5.69 Å². The van der Waals surface area contributed by atoms with Crippen LogP contribution < -0.4 is 5.32 Å². The van der Waals surface area contributed by atoms with Crippen LogP contribution in [-0.2, 0) is 5.41 Å². The maximum Gasteiger partial charge on any atom is 0.260 e. The molecule has 19 heavy (non-hydrogen) atoms. The topological polar surface area (TPSA) is 68.0 Å². The Morgan fingerprint density at radius 3 is 2.74 bits per heavy atom. The monoisotopic (exact) mass is 323 g/mol. The van der Waals surface area contributed by atoms with Gasteiger partial charge < -0.3 is 4.52 Å². The maximum atomic E-state index is 12.0. The third kappa shape index (κ3) is 3.20. The molecule has 1 amide bonds. The Balaban J connectivity index is 2.16. The number of carbonyl (C=O) groups excluding carboxylic acids is 1. The molecule has 0 radical (unpaired) electrons. The van der Waals surface area contributed by atoms with E-state index in [1.165, 1.54) is 0 Å². The highest BCUT2D eigenvalue weighted by Gasteiger charge is 2.20. The first kappa shape index (κ1) is 13.7. The summed E-state index contributed by atoms with van der Waals surface area (Å²) in [6.07, 6.45) is 1.60. The van der Waals surface area contributed by atoms with E-state index in [1.54, 1.807) is 24.4 Å². The number of hydrogen-bond acceptors (Lipinski definition) is 4. The zero-order valence-corrected chi connectivity index (χ0v) is 12.5. The molecule has 2 rings (SSSR count). The summed E-state index contributed by atoms with van der Waals surface area (Å²) < 4.78 is 5.59. The summed E-state index contributed by atoms with van der Waals surface area (Å²) >= 11 is 3.23. The number of nitrogens with zero attached hydrogens (tertiary/aromatic N) is 2. The molecule has 0 aromatic carbocycles. The fourth-order valence-corrected chi connectivity index (χ4v) is 1.85. The summed E-state index contributed by atoms with van der Waals surface area (Å²) in [6.45, 7) is 6.07. The number of anilines is 1.